The standard InChI is InChI=1S/C19H21ClN4O4S/c20-14-10-22-9-12-3-1-4-16(18(12)14)29(27,28)24-8-6-13(19(24)21)15(25)11-23-7-2-5-17(23)26/h1,3-4,9-10,13,19H,2,5-8,11,21H2/t13?,19-/m1/s1. The van der Waals surface area contributed by atoms with Crippen LogP contribution in [-0.4, -0.2) is 60.1 Å². The van der Waals surface area contributed by atoms with Crippen LogP contribution in [0.15, 0.2) is 35.5 Å². The first kappa shape index (κ1) is 20.2. The van der Waals surface area contributed by atoms with Gasteiger partial charge < -0.3 is 10.6 Å². The van der Waals surface area contributed by atoms with Gasteiger partial charge in [0.15, 0.2) is 5.78 Å². The van der Waals surface area contributed by atoms with Crippen LogP contribution in [0.25, 0.3) is 10.8 Å². The van der Waals surface area contributed by atoms with Gasteiger partial charge in [-0.05, 0) is 18.9 Å². The first-order chi connectivity index (χ1) is 13.8. The summed E-state index contributed by atoms with van der Waals surface area (Å²) < 4.78 is 27.9. The van der Waals surface area contributed by atoms with E-state index in [1.807, 2.05) is 0 Å². The molecule has 2 fully saturated rings. The quantitative estimate of drug-likeness (QED) is 0.757. The first-order valence-electron chi connectivity index (χ1n) is 9.41. The van der Waals surface area contributed by atoms with Crippen LogP contribution in [-0.2, 0) is 19.6 Å². The van der Waals surface area contributed by atoms with E-state index in [4.69, 9.17) is 17.3 Å². The van der Waals surface area contributed by atoms with Crippen molar-refractivity contribution in [1.82, 2.24) is 14.2 Å². The zero-order valence-electron chi connectivity index (χ0n) is 15.6. The van der Waals surface area contributed by atoms with Gasteiger partial charge in [-0.1, -0.05) is 23.7 Å². The summed E-state index contributed by atoms with van der Waals surface area (Å²) in [4.78, 5) is 30.1. The number of likely N-dealkylation sites (tertiary alicyclic amines) is 1. The number of carbonyl (C=O) groups excluding carboxylic acids is 2. The molecular weight excluding hydrogens is 416 g/mol. The van der Waals surface area contributed by atoms with Crippen LogP contribution in [0.1, 0.15) is 19.3 Å². The molecule has 29 heavy (non-hydrogen) atoms. The van der Waals surface area contributed by atoms with Crippen molar-refractivity contribution < 1.29 is 18.0 Å². The molecule has 10 heteroatoms. The fourth-order valence-electron chi connectivity index (χ4n) is 4.10. The SMILES string of the molecule is N[C@H]1C(C(=O)CN2CCCC2=O)CCN1S(=O)(=O)c1cccc2cncc(Cl)c12. The number of nitrogens with zero attached hydrogens (tertiary/aromatic N) is 3. The van der Waals surface area contributed by atoms with Crippen molar-refractivity contribution in [2.75, 3.05) is 19.6 Å². The molecule has 3 heterocycles. The van der Waals surface area contributed by atoms with Crippen molar-refractivity contribution >= 4 is 44.1 Å². The number of ketones is 1. The second-order valence-electron chi connectivity index (χ2n) is 7.36. The number of aromatic nitrogens is 1. The Morgan fingerprint density at radius 3 is 2.79 bits per heavy atom. The summed E-state index contributed by atoms with van der Waals surface area (Å²) in [5.74, 6) is -0.899. The maximum absolute atomic E-state index is 13.4. The number of carbonyl (C=O) groups is 2. The molecular formula is C19H21ClN4O4S. The molecule has 0 aliphatic carbocycles. The number of halogens is 1. The molecule has 2 aromatic rings. The Hall–Kier alpha value is -2.07. The van der Waals surface area contributed by atoms with Gasteiger partial charge in [-0.15, -0.1) is 0 Å². The number of sulfonamides is 1. The molecule has 4 rings (SSSR count). The minimum atomic E-state index is -3.98. The lowest BCUT2D eigenvalue weighted by atomic mass is 10.0. The van der Waals surface area contributed by atoms with Crippen molar-refractivity contribution in [3.63, 3.8) is 0 Å². The predicted octanol–water partition coefficient (Wildman–Crippen LogP) is 1.38. The molecule has 1 aromatic carbocycles. The Morgan fingerprint density at radius 2 is 2.07 bits per heavy atom. The molecule has 2 atom stereocenters. The minimum Gasteiger partial charge on any atom is -0.335 e. The largest absolute Gasteiger partial charge is 0.335 e. The Bertz CT molecular complexity index is 1090. The number of fused-ring (bicyclic) bond motifs is 1. The lowest BCUT2D eigenvalue weighted by Crippen LogP contribution is -2.47. The summed E-state index contributed by atoms with van der Waals surface area (Å²) in [6, 6.07) is 4.83. The van der Waals surface area contributed by atoms with E-state index in [0.29, 0.717) is 30.2 Å². The Kier molecular flexibility index (Phi) is 5.32. The van der Waals surface area contributed by atoms with Crippen molar-refractivity contribution in [1.29, 1.82) is 0 Å². The van der Waals surface area contributed by atoms with Crippen molar-refractivity contribution in [3.05, 3.63) is 35.6 Å². The Morgan fingerprint density at radius 1 is 1.28 bits per heavy atom. The van der Waals surface area contributed by atoms with E-state index in [2.05, 4.69) is 4.98 Å². The topological polar surface area (TPSA) is 114 Å². The molecule has 0 spiro atoms. The van der Waals surface area contributed by atoms with E-state index in [0.717, 1.165) is 10.7 Å². The number of hydrogen-bond donors (Lipinski definition) is 1. The molecule has 1 unspecified atom stereocenters. The van der Waals surface area contributed by atoms with Gasteiger partial charge in [0.1, 0.15) is 0 Å². The molecule has 154 valence electrons. The molecule has 1 aromatic heterocycles. The number of pyridine rings is 1. The van der Waals surface area contributed by atoms with Crippen LogP contribution >= 0.6 is 11.6 Å². The van der Waals surface area contributed by atoms with Gasteiger partial charge in [0.05, 0.1) is 28.5 Å². The summed E-state index contributed by atoms with van der Waals surface area (Å²) in [5, 5.41) is 1.22. The van der Waals surface area contributed by atoms with Crippen molar-refractivity contribution in [2.45, 2.75) is 30.3 Å². The number of benzene rings is 1. The highest BCUT2D eigenvalue weighted by molar-refractivity contribution is 7.89. The van der Waals surface area contributed by atoms with E-state index in [1.165, 1.54) is 17.2 Å². The van der Waals surface area contributed by atoms with E-state index >= 15 is 0 Å². The zero-order chi connectivity index (χ0) is 20.8. The summed E-state index contributed by atoms with van der Waals surface area (Å²) in [7, 11) is -3.98. The van der Waals surface area contributed by atoms with Crippen LogP contribution in [0.2, 0.25) is 5.02 Å². The maximum Gasteiger partial charge on any atom is 0.245 e. The lowest BCUT2D eigenvalue weighted by Gasteiger charge is -2.25. The fraction of sp³-hybridized carbons (Fsp3) is 0.421. The van der Waals surface area contributed by atoms with Crippen molar-refractivity contribution in [2.24, 2.45) is 11.7 Å². The second-order valence-corrected chi connectivity index (χ2v) is 9.63. The molecule has 2 aliphatic heterocycles. The monoisotopic (exact) mass is 436 g/mol. The van der Waals surface area contributed by atoms with Crippen molar-refractivity contribution in [3.8, 4) is 0 Å². The third-order valence-electron chi connectivity index (χ3n) is 5.62. The smallest absolute Gasteiger partial charge is 0.245 e. The van der Waals surface area contributed by atoms with Gasteiger partial charge in [-0.25, -0.2) is 8.42 Å². The molecule has 0 saturated carbocycles. The van der Waals surface area contributed by atoms with Gasteiger partial charge in [-0.3, -0.25) is 14.6 Å². The number of hydrogen-bond acceptors (Lipinski definition) is 6. The number of Topliss-reactive ketones (excluding diaryl/α,β-unsaturated/α-hetero) is 1. The van der Waals surface area contributed by atoms with Gasteiger partial charge >= 0.3 is 0 Å². The molecule has 8 nitrogen and oxygen atoms in total. The Labute approximate surface area is 173 Å². The van der Waals surface area contributed by atoms with Crippen LogP contribution in [0.5, 0.6) is 0 Å². The van der Waals surface area contributed by atoms with Crippen LogP contribution < -0.4 is 5.73 Å². The third kappa shape index (κ3) is 3.52. The van der Waals surface area contributed by atoms with Crippen LogP contribution in [0.3, 0.4) is 0 Å². The van der Waals surface area contributed by atoms with Crippen LogP contribution in [0.4, 0.5) is 0 Å². The molecule has 0 radical (unpaired) electrons. The highest BCUT2D eigenvalue weighted by Gasteiger charge is 2.43. The van der Waals surface area contributed by atoms with E-state index in [1.54, 1.807) is 18.3 Å². The maximum atomic E-state index is 13.4. The van der Waals surface area contributed by atoms with Gasteiger partial charge in [0, 0.05) is 42.7 Å². The number of rotatable bonds is 5. The molecule has 2 saturated heterocycles. The first-order valence-corrected chi connectivity index (χ1v) is 11.2. The van der Waals surface area contributed by atoms with Gasteiger partial charge in [0.2, 0.25) is 15.9 Å². The van der Waals surface area contributed by atoms with Crippen LogP contribution in [0, 0.1) is 5.92 Å². The highest BCUT2D eigenvalue weighted by Crippen LogP contribution is 2.34. The molecule has 0 bridgehead atoms. The summed E-state index contributed by atoms with van der Waals surface area (Å²) in [5.41, 5.74) is 6.22. The molecule has 2 N–H and O–H groups in total. The summed E-state index contributed by atoms with van der Waals surface area (Å²) in [6.45, 7) is 0.668. The highest BCUT2D eigenvalue weighted by atomic mass is 35.5. The average molecular weight is 437 g/mol. The normalized spacial score (nSPS) is 23.2. The second kappa shape index (κ2) is 7.64. The lowest BCUT2D eigenvalue weighted by molar-refractivity contribution is -0.133. The van der Waals surface area contributed by atoms with Gasteiger partial charge in [-0.2, -0.15) is 4.31 Å². The zero-order valence-corrected chi connectivity index (χ0v) is 17.2. The molecule has 2 aliphatic rings. The summed E-state index contributed by atoms with van der Waals surface area (Å²) >= 11 is 6.23. The van der Waals surface area contributed by atoms with E-state index in [-0.39, 0.29) is 34.7 Å². The van der Waals surface area contributed by atoms with E-state index in [9.17, 15) is 18.0 Å². The third-order valence-corrected chi connectivity index (χ3v) is 7.85. The molecule has 1 amide bonds. The fourth-order valence-corrected chi connectivity index (χ4v) is 6.22. The summed E-state index contributed by atoms with van der Waals surface area (Å²) in [6.07, 6.45) is 3.46. The number of nitrogens with two attached hydrogens (primary N) is 1. The Balaban J connectivity index is 1.61. The predicted molar refractivity (Wildman–Crippen MR) is 108 cm³/mol. The minimum absolute atomic E-state index is 0.0170. The average Bonchev–Trinajstić information content (AvgIpc) is 3.27. The van der Waals surface area contributed by atoms with E-state index < -0.39 is 22.1 Å². The number of amides is 1. The van der Waals surface area contributed by atoms with Gasteiger partial charge in [0.25, 0.3) is 0 Å².